The molecule has 148 valence electrons. The highest BCUT2D eigenvalue weighted by molar-refractivity contribution is 5.69. The minimum absolute atomic E-state index is 0.104. The normalized spacial score (nSPS) is 10.1. The number of esters is 1. The standard InChI is InChI=1S/C24H35NO2/c1-2-3-4-5-6-7-8-9-10-11-12-13-14-15-16-19-24(26)27-22-23-18-17-20-25-21-23/h2,17-18,20-21H,1,3,6-16,19,22H2. The second-order valence-corrected chi connectivity index (χ2v) is 6.90. The topological polar surface area (TPSA) is 39.2 Å². The predicted octanol–water partition coefficient (Wildman–Crippen LogP) is 6.39. The first-order valence-electron chi connectivity index (χ1n) is 10.4. The quantitative estimate of drug-likeness (QED) is 0.156. The van der Waals surface area contributed by atoms with E-state index in [1.54, 1.807) is 12.4 Å². The van der Waals surface area contributed by atoms with Gasteiger partial charge in [0, 0.05) is 37.2 Å². The second kappa shape index (κ2) is 17.3. The molecular weight excluding hydrogens is 334 g/mol. The average molecular weight is 370 g/mol. The lowest BCUT2D eigenvalue weighted by Crippen LogP contribution is -2.04. The van der Waals surface area contributed by atoms with Gasteiger partial charge in [-0.15, -0.1) is 12.5 Å². The molecule has 0 aliphatic rings. The molecular formula is C24H35NO2. The number of hydrogen-bond donors (Lipinski definition) is 0. The maximum absolute atomic E-state index is 11.7. The van der Waals surface area contributed by atoms with Gasteiger partial charge in [0.2, 0.25) is 0 Å². The van der Waals surface area contributed by atoms with Crippen LogP contribution in [-0.4, -0.2) is 11.0 Å². The van der Waals surface area contributed by atoms with E-state index in [-0.39, 0.29) is 5.97 Å². The van der Waals surface area contributed by atoms with Gasteiger partial charge >= 0.3 is 5.97 Å². The van der Waals surface area contributed by atoms with E-state index in [9.17, 15) is 4.79 Å². The summed E-state index contributed by atoms with van der Waals surface area (Å²) in [7, 11) is 0. The van der Waals surface area contributed by atoms with Gasteiger partial charge in [0.25, 0.3) is 0 Å². The summed E-state index contributed by atoms with van der Waals surface area (Å²) in [5, 5.41) is 0. The Morgan fingerprint density at radius 3 is 2.30 bits per heavy atom. The first-order chi connectivity index (χ1) is 13.3. The zero-order valence-corrected chi connectivity index (χ0v) is 16.8. The lowest BCUT2D eigenvalue weighted by atomic mass is 10.1. The van der Waals surface area contributed by atoms with E-state index in [4.69, 9.17) is 4.74 Å². The maximum Gasteiger partial charge on any atom is 0.306 e. The summed E-state index contributed by atoms with van der Waals surface area (Å²) >= 11 is 0. The van der Waals surface area contributed by atoms with E-state index in [1.807, 2.05) is 18.2 Å². The van der Waals surface area contributed by atoms with Gasteiger partial charge in [-0.3, -0.25) is 9.78 Å². The van der Waals surface area contributed by atoms with E-state index in [0.717, 1.165) is 31.2 Å². The highest BCUT2D eigenvalue weighted by atomic mass is 16.5. The molecule has 27 heavy (non-hydrogen) atoms. The van der Waals surface area contributed by atoms with E-state index in [0.29, 0.717) is 13.0 Å². The summed E-state index contributed by atoms with van der Waals surface area (Å²) in [6.45, 7) is 3.99. The van der Waals surface area contributed by atoms with Gasteiger partial charge in [0.1, 0.15) is 6.61 Å². The third kappa shape index (κ3) is 14.7. The van der Waals surface area contributed by atoms with Gasteiger partial charge in [-0.1, -0.05) is 69.4 Å². The van der Waals surface area contributed by atoms with E-state index in [1.165, 1.54) is 51.4 Å². The Bertz CT molecular complexity index is 557. The number of allylic oxidation sites excluding steroid dienone is 1. The number of aromatic nitrogens is 1. The van der Waals surface area contributed by atoms with Crippen LogP contribution in [0.5, 0.6) is 0 Å². The van der Waals surface area contributed by atoms with Crippen LogP contribution in [0.25, 0.3) is 0 Å². The van der Waals surface area contributed by atoms with Crippen molar-refractivity contribution in [3.05, 3.63) is 42.7 Å². The molecule has 0 atom stereocenters. The SMILES string of the molecule is C=CCC#CCCCCCCCCCCCCC(=O)OCc1cccnc1. The summed E-state index contributed by atoms with van der Waals surface area (Å²) in [5.74, 6) is 6.17. The molecule has 0 unspecified atom stereocenters. The van der Waals surface area contributed by atoms with Gasteiger partial charge in [0.15, 0.2) is 0 Å². The third-order valence-corrected chi connectivity index (χ3v) is 4.43. The van der Waals surface area contributed by atoms with Gasteiger partial charge in [0.05, 0.1) is 0 Å². The lowest BCUT2D eigenvalue weighted by molar-refractivity contribution is -0.145. The summed E-state index contributed by atoms with van der Waals surface area (Å²) < 4.78 is 5.26. The molecule has 0 aliphatic heterocycles. The molecule has 0 aromatic carbocycles. The first kappa shape index (κ1) is 23.0. The largest absolute Gasteiger partial charge is 0.461 e. The van der Waals surface area contributed by atoms with E-state index < -0.39 is 0 Å². The Morgan fingerprint density at radius 1 is 1.00 bits per heavy atom. The number of carbonyl (C=O) groups excluding carboxylic acids is 1. The van der Waals surface area contributed by atoms with Crippen LogP contribution in [0.4, 0.5) is 0 Å². The van der Waals surface area contributed by atoms with Gasteiger partial charge in [-0.2, -0.15) is 0 Å². The van der Waals surface area contributed by atoms with Crippen molar-refractivity contribution in [1.82, 2.24) is 4.98 Å². The number of rotatable bonds is 15. The monoisotopic (exact) mass is 369 g/mol. The van der Waals surface area contributed by atoms with Crippen LogP contribution < -0.4 is 0 Å². The molecule has 0 saturated carbocycles. The van der Waals surface area contributed by atoms with Crippen molar-refractivity contribution in [2.45, 2.75) is 90.1 Å². The fraction of sp³-hybridized carbons (Fsp3) is 0.583. The molecule has 0 amide bonds. The molecule has 1 aromatic rings. The summed E-state index contributed by atoms with van der Waals surface area (Å²) in [6, 6.07) is 3.77. The predicted molar refractivity (Wildman–Crippen MR) is 112 cm³/mol. The van der Waals surface area contributed by atoms with Crippen LogP contribution in [0, 0.1) is 11.8 Å². The van der Waals surface area contributed by atoms with Crippen LogP contribution in [0.1, 0.15) is 89.0 Å². The second-order valence-electron chi connectivity index (χ2n) is 6.90. The van der Waals surface area contributed by atoms with Gasteiger partial charge in [-0.25, -0.2) is 0 Å². The molecule has 0 saturated heterocycles. The minimum Gasteiger partial charge on any atom is -0.461 e. The molecule has 0 radical (unpaired) electrons. The molecule has 1 aromatic heterocycles. The minimum atomic E-state index is -0.104. The van der Waals surface area contributed by atoms with Crippen molar-refractivity contribution < 1.29 is 9.53 Å². The molecule has 0 spiro atoms. The van der Waals surface area contributed by atoms with Gasteiger partial charge in [-0.05, 0) is 18.9 Å². The summed E-state index contributed by atoms with van der Waals surface area (Å²) in [4.78, 5) is 15.7. The molecule has 0 aliphatic carbocycles. The maximum atomic E-state index is 11.7. The number of ether oxygens (including phenoxy) is 1. The Hall–Kier alpha value is -2.08. The number of pyridine rings is 1. The van der Waals surface area contributed by atoms with Gasteiger partial charge < -0.3 is 4.74 Å². The Labute approximate surface area is 165 Å². The van der Waals surface area contributed by atoms with Crippen molar-refractivity contribution in [3.8, 4) is 11.8 Å². The molecule has 3 heteroatoms. The van der Waals surface area contributed by atoms with E-state index in [2.05, 4.69) is 23.4 Å². The average Bonchev–Trinajstić information content (AvgIpc) is 2.70. The van der Waals surface area contributed by atoms with Crippen LogP contribution in [0.15, 0.2) is 37.2 Å². The Kier molecular flexibility index (Phi) is 14.7. The van der Waals surface area contributed by atoms with Crippen molar-refractivity contribution in [2.75, 3.05) is 0 Å². The fourth-order valence-corrected chi connectivity index (χ4v) is 2.85. The molecule has 1 rings (SSSR count). The summed E-state index contributed by atoms with van der Waals surface area (Å²) in [5.41, 5.74) is 0.937. The van der Waals surface area contributed by atoms with Crippen molar-refractivity contribution >= 4 is 5.97 Å². The smallest absolute Gasteiger partial charge is 0.306 e. The first-order valence-corrected chi connectivity index (χ1v) is 10.4. The molecule has 3 nitrogen and oxygen atoms in total. The molecule has 1 heterocycles. The van der Waals surface area contributed by atoms with Crippen molar-refractivity contribution in [3.63, 3.8) is 0 Å². The lowest BCUT2D eigenvalue weighted by Gasteiger charge is -2.05. The zero-order chi connectivity index (χ0) is 19.4. The Morgan fingerprint density at radius 2 is 1.67 bits per heavy atom. The molecule has 0 fully saturated rings. The van der Waals surface area contributed by atoms with Crippen molar-refractivity contribution in [2.24, 2.45) is 0 Å². The Balaban J connectivity index is 1.80. The zero-order valence-electron chi connectivity index (χ0n) is 16.8. The van der Waals surface area contributed by atoms with Crippen LogP contribution in [0.3, 0.4) is 0 Å². The number of nitrogens with zero attached hydrogens (tertiary/aromatic N) is 1. The number of hydrogen-bond acceptors (Lipinski definition) is 3. The van der Waals surface area contributed by atoms with Crippen LogP contribution in [-0.2, 0) is 16.1 Å². The van der Waals surface area contributed by atoms with Crippen LogP contribution in [0.2, 0.25) is 0 Å². The van der Waals surface area contributed by atoms with Crippen LogP contribution >= 0.6 is 0 Å². The number of carbonyl (C=O) groups is 1. The van der Waals surface area contributed by atoms with E-state index >= 15 is 0 Å². The molecule has 0 bridgehead atoms. The summed E-state index contributed by atoms with van der Waals surface area (Å²) in [6.07, 6.45) is 20.0. The number of unbranched alkanes of at least 4 members (excludes halogenated alkanes) is 10. The third-order valence-electron chi connectivity index (χ3n) is 4.43. The van der Waals surface area contributed by atoms with Crippen molar-refractivity contribution in [1.29, 1.82) is 0 Å². The fourth-order valence-electron chi connectivity index (χ4n) is 2.85. The molecule has 0 N–H and O–H groups in total. The highest BCUT2D eigenvalue weighted by Crippen LogP contribution is 2.12. The highest BCUT2D eigenvalue weighted by Gasteiger charge is 2.03.